The lowest BCUT2D eigenvalue weighted by atomic mass is 10.2. The van der Waals surface area contributed by atoms with E-state index < -0.39 is 0 Å². The average Bonchev–Trinajstić information content (AvgIpc) is 3.58. The largest absolute Gasteiger partial charge is 0.466 e. The first kappa shape index (κ1) is 22.5. The van der Waals surface area contributed by atoms with Gasteiger partial charge in [-0.15, -0.1) is 0 Å². The number of aryl methyl sites for hydroxylation is 2. The number of nitrogens with one attached hydrogen (secondary N) is 2. The predicted molar refractivity (Wildman–Crippen MR) is 131 cm³/mol. The van der Waals surface area contributed by atoms with Gasteiger partial charge in [0.1, 0.15) is 23.0 Å². The van der Waals surface area contributed by atoms with E-state index in [9.17, 15) is 9.59 Å². The topological polar surface area (TPSA) is 84.5 Å². The smallest absolute Gasteiger partial charge is 0.224 e. The molecule has 0 unspecified atom stereocenters. The van der Waals surface area contributed by atoms with Crippen molar-refractivity contribution in [3.63, 3.8) is 0 Å². The van der Waals surface area contributed by atoms with Gasteiger partial charge in [0.15, 0.2) is 0 Å². The SMILES string of the molecule is C[C@@H]1C[C@@H]1c1ccc(CCC(=O)Nc2ccc(NC(=O)CCc3ccc([C@H]4C[C@@H]4C)o3)cc2)o1. The van der Waals surface area contributed by atoms with Gasteiger partial charge in [0.05, 0.1) is 0 Å². The fourth-order valence-corrected chi connectivity index (χ4v) is 4.45. The second kappa shape index (κ2) is 9.53. The van der Waals surface area contributed by atoms with Crippen molar-refractivity contribution >= 4 is 23.2 Å². The molecule has 1 aromatic carbocycles. The Morgan fingerprint density at radius 3 is 1.44 bits per heavy atom. The third-order valence-corrected chi connectivity index (χ3v) is 6.96. The van der Waals surface area contributed by atoms with Crippen LogP contribution in [0.15, 0.2) is 57.4 Å². The van der Waals surface area contributed by atoms with Crippen molar-refractivity contribution in [2.24, 2.45) is 11.8 Å². The van der Waals surface area contributed by atoms with E-state index in [2.05, 4.69) is 24.5 Å². The summed E-state index contributed by atoms with van der Waals surface area (Å²) in [4.78, 5) is 24.6. The second-order valence-electron chi connectivity index (χ2n) is 9.92. The van der Waals surface area contributed by atoms with Crippen molar-refractivity contribution < 1.29 is 18.4 Å². The molecule has 2 aliphatic carbocycles. The summed E-state index contributed by atoms with van der Waals surface area (Å²) in [5.74, 6) is 6.19. The molecule has 2 fully saturated rings. The fraction of sp³-hybridized carbons (Fsp3) is 0.429. The van der Waals surface area contributed by atoms with Crippen LogP contribution in [0.25, 0.3) is 0 Å². The van der Waals surface area contributed by atoms with E-state index in [1.165, 1.54) is 12.8 Å². The molecular weight excluding hydrogens is 428 g/mol. The molecular formula is C28H32N2O4. The normalized spacial score (nSPS) is 22.9. The van der Waals surface area contributed by atoms with E-state index in [1.54, 1.807) is 24.3 Å². The van der Waals surface area contributed by atoms with E-state index >= 15 is 0 Å². The first-order chi connectivity index (χ1) is 16.4. The summed E-state index contributed by atoms with van der Waals surface area (Å²) in [5.41, 5.74) is 1.40. The highest BCUT2D eigenvalue weighted by molar-refractivity contribution is 5.93. The van der Waals surface area contributed by atoms with Crippen LogP contribution in [-0.2, 0) is 22.4 Å². The number of amides is 2. The predicted octanol–water partition coefficient (Wildman–Crippen LogP) is 6.26. The Kier molecular flexibility index (Phi) is 6.31. The summed E-state index contributed by atoms with van der Waals surface area (Å²) in [6.45, 7) is 4.45. The van der Waals surface area contributed by atoms with E-state index in [0.717, 1.165) is 23.0 Å². The zero-order valence-electron chi connectivity index (χ0n) is 19.8. The highest BCUT2D eigenvalue weighted by Crippen LogP contribution is 2.48. The van der Waals surface area contributed by atoms with E-state index in [0.29, 0.717) is 60.7 Å². The molecule has 2 N–H and O–H groups in total. The maximum absolute atomic E-state index is 12.3. The molecule has 0 saturated heterocycles. The van der Waals surface area contributed by atoms with Crippen molar-refractivity contribution in [3.8, 4) is 0 Å². The van der Waals surface area contributed by atoms with E-state index in [1.807, 2.05) is 24.3 Å². The molecule has 0 bridgehead atoms. The van der Waals surface area contributed by atoms with Gasteiger partial charge in [-0.05, 0) is 73.2 Å². The minimum atomic E-state index is -0.0621. The van der Waals surface area contributed by atoms with Gasteiger partial charge >= 0.3 is 0 Å². The van der Waals surface area contributed by atoms with Crippen molar-refractivity contribution in [1.82, 2.24) is 0 Å². The number of hydrogen-bond acceptors (Lipinski definition) is 4. The molecule has 2 aliphatic rings. The molecule has 5 rings (SSSR count). The Hall–Kier alpha value is -3.28. The molecule has 0 spiro atoms. The number of hydrogen-bond donors (Lipinski definition) is 2. The first-order valence-electron chi connectivity index (χ1n) is 12.3. The van der Waals surface area contributed by atoms with Crippen molar-refractivity contribution in [1.29, 1.82) is 0 Å². The Morgan fingerprint density at radius 1 is 0.706 bits per heavy atom. The summed E-state index contributed by atoms with van der Waals surface area (Å²) >= 11 is 0. The average molecular weight is 461 g/mol. The Labute approximate surface area is 200 Å². The zero-order valence-corrected chi connectivity index (χ0v) is 19.8. The number of carbonyl (C=O) groups is 2. The number of rotatable bonds is 10. The summed E-state index contributed by atoms with van der Waals surface area (Å²) in [6, 6.07) is 15.2. The van der Waals surface area contributed by atoms with Gasteiger partial charge in [0, 0.05) is 48.9 Å². The molecule has 2 heterocycles. The summed E-state index contributed by atoms with van der Waals surface area (Å²) in [5, 5.41) is 5.80. The molecule has 6 nitrogen and oxygen atoms in total. The van der Waals surface area contributed by atoms with Crippen LogP contribution < -0.4 is 10.6 Å². The number of benzene rings is 1. The minimum Gasteiger partial charge on any atom is -0.466 e. The Balaban J connectivity index is 1.03. The number of anilines is 2. The van der Waals surface area contributed by atoms with Crippen LogP contribution in [0.2, 0.25) is 0 Å². The second-order valence-corrected chi connectivity index (χ2v) is 9.92. The van der Waals surface area contributed by atoms with Gasteiger partial charge < -0.3 is 19.5 Å². The molecule has 4 atom stereocenters. The van der Waals surface area contributed by atoms with Crippen LogP contribution in [0.5, 0.6) is 0 Å². The summed E-state index contributed by atoms with van der Waals surface area (Å²) in [7, 11) is 0. The molecule has 178 valence electrons. The van der Waals surface area contributed by atoms with Gasteiger partial charge in [-0.25, -0.2) is 0 Å². The van der Waals surface area contributed by atoms with Gasteiger partial charge in [-0.3, -0.25) is 9.59 Å². The standard InChI is InChI=1S/C28H32N2O4/c1-17-15-23(17)25-11-7-21(33-25)9-13-27(31)29-19-3-5-20(6-4-19)30-28(32)14-10-22-8-12-26(34-22)24-16-18(24)2/h3-8,11-12,17-18,23-24H,9-10,13-16H2,1-2H3,(H,29,31)(H,30,32)/t17-,18+,23-,24-/m0/s1. The van der Waals surface area contributed by atoms with Crippen LogP contribution in [0.3, 0.4) is 0 Å². The minimum absolute atomic E-state index is 0.0621. The maximum atomic E-state index is 12.3. The molecule has 2 aromatic heterocycles. The molecule has 2 amide bonds. The number of carbonyl (C=O) groups excluding carboxylic acids is 2. The van der Waals surface area contributed by atoms with Crippen LogP contribution in [-0.4, -0.2) is 11.8 Å². The van der Waals surface area contributed by atoms with Crippen molar-refractivity contribution in [2.45, 2.75) is 64.2 Å². The third-order valence-electron chi connectivity index (χ3n) is 6.96. The molecule has 6 heteroatoms. The zero-order chi connectivity index (χ0) is 23.7. The molecule has 0 radical (unpaired) electrons. The summed E-state index contributed by atoms with van der Waals surface area (Å²) in [6.07, 6.45) is 4.26. The van der Waals surface area contributed by atoms with Crippen LogP contribution in [0.4, 0.5) is 11.4 Å². The van der Waals surface area contributed by atoms with Crippen LogP contribution in [0, 0.1) is 11.8 Å². The fourth-order valence-electron chi connectivity index (χ4n) is 4.45. The maximum Gasteiger partial charge on any atom is 0.224 e. The lowest BCUT2D eigenvalue weighted by Gasteiger charge is -2.08. The van der Waals surface area contributed by atoms with Crippen molar-refractivity contribution in [2.75, 3.05) is 10.6 Å². The van der Waals surface area contributed by atoms with Gasteiger partial charge in [-0.1, -0.05) is 13.8 Å². The van der Waals surface area contributed by atoms with E-state index in [4.69, 9.17) is 8.83 Å². The monoisotopic (exact) mass is 460 g/mol. The van der Waals surface area contributed by atoms with Gasteiger partial charge in [0.2, 0.25) is 11.8 Å². The van der Waals surface area contributed by atoms with Gasteiger partial charge in [0.25, 0.3) is 0 Å². The highest BCUT2D eigenvalue weighted by atomic mass is 16.3. The Morgan fingerprint density at radius 2 is 1.09 bits per heavy atom. The quantitative estimate of drug-likeness (QED) is 0.374. The van der Waals surface area contributed by atoms with Crippen LogP contribution in [0.1, 0.15) is 74.4 Å². The van der Waals surface area contributed by atoms with Gasteiger partial charge in [-0.2, -0.15) is 0 Å². The summed E-state index contributed by atoms with van der Waals surface area (Å²) < 4.78 is 11.7. The lowest BCUT2D eigenvalue weighted by molar-refractivity contribution is -0.117. The molecule has 34 heavy (non-hydrogen) atoms. The van der Waals surface area contributed by atoms with E-state index in [-0.39, 0.29) is 11.8 Å². The molecule has 3 aromatic rings. The Bertz CT molecular complexity index is 1070. The van der Waals surface area contributed by atoms with Crippen LogP contribution >= 0.6 is 0 Å². The third kappa shape index (κ3) is 5.61. The van der Waals surface area contributed by atoms with Crippen molar-refractivity contribution in [3.05, 3.63) is 71.6 Å². The number of furan rings is 2. The highest BCUT2D eigenvalue weighted by Gasteiger charge is 2.37. The first-order valence-corrected chi connectivity index (χ1v) is 12.3. The lowest BCUT2D eigenvalue weighted by Crippen LogP contribution is -2.13. The molecule has 0 aliphatic heterocycles. The molecule has 2 saturated carbocycles.